The molecule has 106 valence electrons. The molecular formula is C14H22N2O2S. The topological polar surface area (TPSA) is 51.2 Å². The molecule has 1 heterocycles. The Morgan fingerprint density at radius 3 is 3.00 bits per heavy atom. The number of carbonyl (C=O) groups excluding carboxylic acids is 1. The highest BCUT2D eigenvalue weighted by Gasteiger charge is 2.25. The lowest BCUT2D eigenvalue weighted by Crippen LogP contribution is -2.32. The molecule has 1 aromatic rings. The van der Waals surface area contributed by atoms with Crippen LogP contribution in [-0.4, -0.2) is 24.1 Å². The van der Waals surface area contributed by atoms with Crippen LogP contribution in [0.4, 0.5) is 5.13 Å². The van der Waals surface area contributed by atoms with Gasteiger partial charge < -0.3 is 10.1 Å². The van der Waals surface area contributed by atoms with Crippen molar-refractivity contribution < 1.29 is 9.53 Å². The van der Waals surface area contributed by atoms with Gasteiger partial charge in [0.25, 0.3) is 0 Å². The highest BCUT2D eigenvalue weighted by Crippen LogP contribution is 2.31. The van der Waals surface area contributed by atoms with Gasteiger partial charge in [-0.25, -0.2) is 4.98 Å². The summed E-state index contributed by atoms with van der Waals surface area (Å²) in [5.74, 6) is 1.27. The lowest BCUT2D eigenvalue weighted by atomic mass is 9.80. The van der Waals surface area contributed by atoms with Crippen molar-refractivity contribution in [1.29, 1.82) is 0 Å². The number of aromatic nitrogens is 1. The zero-order chi connectivity index (χ0) is 13.8. The number of nitrogens with one attached hydrogen (secondary N) is 1. The largest absolute Gasteiger partial charge is 0.469 e. The van der Waals surface area contributed by atoms with Crippen molar-refractivity contribution in [2.45, 2.75) is 45.6 Å². The van der Waals surface area contributed by atoms with E-state index < -0.39 is 0 Å². The van der Waals surface area contributed by atoms with Crippen molar-refractivity contribution in [3.63, 3.8) is 0 Å². The summed E-state index contributed by atoms with van der Waals surface area (Å²) in [6.45, 7) is 4.63. The number of esters is 1. The first-order valence-electron chi connectivity index (χ1n) is 6.86. The van der Waals surface area contributed by atoms with Gasteiger partial charge in [0.05, 0.1) is 19.2 Å². The molecule has 1 aliphatic rings. The van der Waals surface area contributed by atoms with Gasteiger partial charge in [0.2, 0.25) is 0 Å². The third-order valence-electron chi connectivity index (χ3n) is 3.85. The maximum absolute atomic E-state index is 11.2. The molecule has 0 bridgehead atoms. The van der Waals surface area contributed by atoms with E-state index in [-0.39, 0.29) is 12.4 Å². The maximum atomic E-state index is 11.2. The van der Waals surface area contributed by atoms with Crippen LogP contribution < -0.4 is 5.32 Å². The van der Waals surface area contributed by atoms with Gasteiger partial charge in [-0.15, -0.1) is 11.3 Å². The van der Waals surface area contributed by atoms with Gasteiger partial charge in [0.15, 0.2) is 5.13 Å². The van der Waals surface area contributed by atoms with E-state index in [1.807, 2.05) is 5.38 Å². The number of rotatable bonds is 4. The van der Waals surface area contributed by atoms with Crippen molar-refractivity contribution in [1.82, 2.24) is 4.98 Å². The predicted molar refractivity (Wildman–Crippen MR) is 77.4 cm³/mol. The van der Waals surface area contributed by atoms with Crippen LogP contribution in [0.25, 0.3) is 0 Å². The maximum Gasteiger partial charge on any atom is 0.311 e. The molecule has 4 nitrogen and oxygen atoms in total. The molecule has 3 unspecified atom stereocenters. The van der Waals surface area contributed by atoms with Gasteiger partial charge in [-0.05, 0) is 31.1 Å². The normalized spacial score (nSPS) is 27.0. The van der Waals surface area contributed by atoms with E-state index in [4.69, 9.17) is 0 Å². The van der Waals surface area contributed by atoms with Crippen molar-refractivity contribution >= 4 is 22.4 Å². The number of ether oxygens (including phenoxy) is 1. The average Bonchev–Trinajstić information content (AvgIpc) is 2.80. The van der Waals surface area contributed by atoms with Gasteiger partial charge in [-0.2, -0.15) is 0 Å². The molecule has 0 spiro atoms. The molecule has 2 rings (SSSR count). The van der Waals surface area contributed by atoms with Crippen LogP contribution in [0.5, 0.6) is 0 Å². The second kappa shape index (κ2) is 6.37. The fraction of sp³-hybridized carbons (Fsp3) is 0.714. The molecule has 1 N–H and O–H groups in total. The Kier molecular flexibility index (Phi) is 4.80. The van der Waals surface area contributed by atoms with Crippen LogP contribution in [0.15, 0.2) is 5.38 Å². The lowest BCUT2D eigenvalue weighted by molar-refractivity contribution is -0.139. The molecule has 1 fully saturated rings. The third-order valence-corrected chi connectivity index (χ3v) is 4.67. The minimum absolute atomic E-state index is 0.239. The number of carbonyl (C=O) groups is 1. The number of methoxy groups -OCH3 is 1. The lowest BCUT2D eigenvalue weighted by Gasteiger charge is -2.33. The van der Waals surface area contributed by atoms with Crippen LogP contribution in [-0.2, 0) is 16.0 Å². The van der Waals surface area contributed by atoms with Crippen molar-refractivity contribution in [2.75, 3.05) is 12.4 Å². The van der Waals surface area contributed by atoms with Gasteiger partial charge in [-0.1, -0.05) is 13.8 Å². The Bertz CT molecular complexity index is 433. The molecule has 1 aliphatic carbocycles. The Labute approximate surface area is 118 Å². The smallest absolute Gasteiger partial charge is 0.311 e. The zero-order valence-electron chi connectivity index (χ0n) is 11.8. The van der Waals surface area contributed by atoms with Gasteiger partial charge in [-0.3, -0.25) is 4.79 Å². The summed E-state index contributed by atoms with van der Waals surface area (Å²) >= 11 is 1.57. The molecule has 3 atom stereocenters. The SMILES string of the molecule is COC(=O)Cc1csc(NC2CCC(C)CC2C)n1. The summed E-state index contributed by atoms with van der Waals surface area (Å²) in [6.07, 6.45) is 4.01. The van der Waals surface area contributed by atoms with Crippen molar-refractivity contribution in [2.24, 2.45) is 11.8 Å². The zero-order valence-corrected chi connectivity index (χ0v) is 12.6. The van der Waals surface area contributed by atoms with E-state index in [1.165, 1.54) is 26.4 Å². The minimum atomic E-state index is -0.239. The Morgan fingerprint density at radius 1 is 1.53 bits per heavy atom. The van der Waals surface area contributed by atoms with E-state index in [0.717, 1.165) is 16.7 Å². The number of anilines is 1. The molecule has 0 saturated heterocycles. The summed E-state index contributed by atoms with van der Waals surface area (Å²) in [7, 11) is 1.40. The molecule has 0 aromatic carbocycles. The first-order valence-corrected chi connectivity index (χ1v) is 7.74. The number of nitrogens with zero attached hydrogens (tertiary/aromatic N) is 1. The first kappa shape index (κ1) is 14.3. The molecule has 0 aliphatic heterocycles. The van der Waals surface area contributed by atoms with E-state index in [1.54, 1.807) is 11.3 Å². The Hall–Kier alpha value is -1.10. The molecule has 0 radical (unpaired) electrons. The predicted octanol–water partition coefficient (Wildman–Crippen LogP) is 3.10. The Balaban J connectivity index is 1.91. The first-order chi connectivity index (χ1) is 9.08. The summed E-state index contributed by atoms with van der Waals surface area (Å²) in [4.78, 5) is 15.6. The summed E-state index contributed by atoms with van der Waals surface area (Å²) < 4.78 is 4.65. The molecule has 0 amide bonds. The summed E-state index contributed by atoms with van der Waals surface area (Å²) in [5.41, 5.74) is 0.788. The van der Waals surface area contributed by atoms with Crippen molar-refractivity contribution in [3.05, 3.63) is 11.1 Å². The van der Waals surface area contributed by atoms with Crippen LogP contribution in [0.2, 0.25) is 0 Å². The molecule has 1 aromatic heterocycles. The van der Waals surface area contributed by atoms with Gasteiger partial charge in [0.1, 0.15) is 0 Å². The van der Waals surface area contributed by atoms with Crippen LogP contribution in [0.3, 0.4) is 0 Å². The molecule has 5 heteroatoms. The highest BCUT2D eigenvalue weighted by atomic mass is 32.1. The third kappa shape index (κ3) is 3.93. The second-order valence-corrected chi connectivity index (χ2v) is 6.40. The van der Waals surface area contributed by atoms with Crippen molar-refractivity contribution in [3.8, 4) is 0 Å². The standard InChI is InChI=1S/C14H22N2O2S/c1-9-4-5-12(10(2)6-9)16-14-15-11(8-19-14)7-13(17)18-3/h8-10,12H,4-7H2,1-3H3,(H,15,16). The molecule has 19 heavy (non-hydrogen) atoms. The van der Waals surface area contributed by atoms with Gasteiger partial charge in [0, 0.05) is 11.4 Å². The van der Waals surface area contributed by atoms with E-state index in [0.29, 0.717) is 12.0 Å². The monoisotopic (exact) mass is 282 g/mol. The highest BCUT2D eigenvalue weighted by molar-refractivity contribution is 7.13. The van der Waals surface area contributed by atoms with Gasteiger partial charge >= 0.3 is 5.97 Å². The fourth-order valence-corrected chi connectivity index (χ4v) is 3.49. The van der Waals surface area contributed by atoms with E-state index >= 15 is 0 Å². The second-order valence-electron chi connectivity index (χ2n) is 5.54. The Morgan fingerprint density at radius 2 is 2.32 bits per heavy atom. The van der Waals surface area contributed by atoms with Crippen LogP contribution in [0.1, 0.15) is 38.8 Å². The van der Waals surface area contributed by atoms with E-state index in [9.17, 15) is 4.79 Å². The number of thiazole rings is 1. The van der Waals surface area contributed by atoms with Crippen LogP contribution in [0, 0.1) is 11.8 Å². The summed E-state index contributed by atoms with van der Waals surface area (Å²) in [5, 5.41) is 6.37. The van der Waals surface area contributed by atoms with Crippen LogP contribution >= 0.6 is 11.3 Å². The van der Waals surface area contributed by atoms with E-state index in [2.05, 4.69) is 28.9 Å². The summed E-state index contributed by atoms with van der Waals surface area (Å²) in [6, 6.07) is 0.508. The molecular weight excluding hydrogens is 260 g/mol. The minimum Gasteiger partial charge on any atom is -0.469 e. The fourth-order valence-electron chi connectivity index (χ4n) is 2.71. The average molecular weight is 282 g/mol. The number of hydrogen-bond acceptors (Lipinski definition) is 5. The quantitative estimate of drug-likeness (QED) is 0.862. The number of hydrogen-bond donors (Lipinski definition) is 1. The molecule has 1 saturated carbocycles.